The van der Waals surface area contributed by atoms with Crippen molar-refractivity contribution in [3.63, 3.8) is 0 Å². The molecule has 0 radical (unpaired) electrons. The van der Waals surface area contributed by atoms with Gasteiger partial charge in [-0.3, -0.25) is 4.79 Å². The number of hydrogen-bond donors (Lipinski definition) is 1. The number of anilines is 1. The largest absolute Gasteiger partial charge is 0.496 e. The van der Waals surface area contributed by atoms with Crippen molar-refractivity contribution in [3.8, 4) is 5.75 Å². The van der Waals surface area contributed by atoms with E-state index >= 15 is 0 Å². The van der Waals surface area contributed by atoms with Gasteiger partial charge in [-0.1, -0.05) is 25.5 Å². The van der Waals surface area contributed by atoms with Gasteiger partial charge in [0.05, 0.1) is 18.4 Å². The van der Waals surface area contributed by atoms with Crippen molar-refractivity contribution in [3.05, 3.63) is 52.0 Å². The van der Waals surface area contributed by atoms with Crippen LogP contribution in [0.25, 0.3) is 10.2 Å². The van der Waals surface area contributed by atoms with E-state index in [2.05, 4.69) is 13.0 Å². The van der Waals surface area contributed by atoms with Gasteiger partial charge >= 0.3 is 0 Å². The van der Waals surface area contributed by atoms with Crippen molar-refractivity contribution < 1.29 is 9.53 Å². The molecule has 1 aliphatic rings. The van der Waals surface area contributed by atoms with Gasteiger partial charge in [0.2, 0.25) is 5.78 Å². The first-order chi connectivity index (χ1) is 12.6. The topological polar surface area (TPSA) is 65.2 Å². The maximum Gasteiger partial charge on any atom is 0.208 e. The Bertz CT molecular complexity index is 993. The van der Waals surface area contributed by atoms with Crippen LogP contribution in [-0.4, -0.2) is 17.9 Å². The van der Waals surface area contributed by atoms with Crippen LogP contribution in [0.2, 0.25) is 0 Å². The highest BCUT2D eigenvalue weighted by molar-refractivity contribution is 7.21. The van der Waals surface area contributed by atoms with E-state index in [1.54, 1.807) is 19.2 Å². The Labute approximate surface area is 157 Å². The van der Waals surface area contributed by atoms with Crippen LogP contribution in [0.3, 0.4) is 0 Å². The highest BCUT2D eigenvalue weighted by Crippen LogP contribution is 2.38. The highest BCUT2D eigenvalue weighted by Gasteiger charge is 2.24. The van der Waals surface area contributed by atoms with Crippen LogP contribution in [0.15, 0.2) is 30.3 Å². The number of carbonyl (C=O) groups is 1. The number of benzene rings is 1. The molecule has 3 aromatic rings. The number of ether oxygens (including phenoxy) is 1. The summed E-state index contributed by atoms with van der Waals surface area (Å²) in [4.78, 5) is 19.3. The Morgan fingerprint density at radius 2 is 2.19 bits per heavy atom. The van der Waals surface area contributed by atoms with Gasteiger partial charge in [0.15, 0.2) is 0 Å². The van der Waals surface area contributed by atoms with Gasteiger partial charge in [-0.25, -0.2) is 4.98 Å². The summed E-state index contributed by atoms with van der Waals surface area (Å²) in [5.41, 5.74) is 9.90. The van der Waals surface area contributed by atoms with Crippen molar-refractivity contribution in [2.24, 2.45) is 5.92 Å². The van der Waals surface area contributed by atoms with E-state index in [0.717, 1.165) is 29.0 Å². The lowest BCUT2D eigenvalue weighted by atomic mass is 9.85. The standard InChI is InChI=1S/C21H22N2O2S/c1-3-12-8-9-16-13(10-12)11-15-18(22)20(26-21(15)23-16)19(24)14-6-4-5-7-17(14)25-2/h4-7,11-12H,3,8-10,22H2,1-2H3/t12-/m0/s1. The number of nitrogens with zero attached hydrogens (tertiary/aromatic N) is 1. The third-order valence-corrected chi connectivity index (χ3v) is 6.44. The molecule has 4 rings (SSSR count). The number of aryl methyl sites for hydroxylation is 1. The molecule has 1 atom stereocenters. The molecule has 1 aliphatic carbocycles. The second kappa shape index (κ2) is 6.72. The number of pyridine rings is 1. The average Bonchev–Trinajstić information content (AvgIpc) is 3.01. The molecule has 2 heterocycles. The summed E-state index contributed by atoms with van der Waals surface area (Å²) in [6.07, 6.45) is 4.45. The fourth-order valence-corrected chi connectivity index (χ4v) is 4.79. The second-order valence-corrected chi connectivity index (χ2v) is 7.84. The van der Waals surface area contributed by atoms with Crippen molar-refractivity contribution in [2.45, 2.75) is 32.6 Å². The van der Waals surface area contributed by atoms with Crippen LogP contribution >= 0.6 is 11.3 Å². The van der Waals surface area contributed by atoms with Crippen LogP contribution in [0.5, 0.6) is 5.75 Å². The first kappa shape index (κ1) is 17.0. The number of thiophene rings is 1. The summed E-state index contributed by atoms with van der Waals surface area (Å²) in [6, 6.07) is 9.41. The van der Waals surface area contributed by atoms with E-state index in [1.807, 2.05) is 12.1 Å². The molecule has 0 unspecified atom stereocenters. The van der Waals surface area contributed by atoms with Gasteiger partial charge in [-0.15, -0.1) is 11.3 Å². The number of nitrogen functional groups attached to an aromatic ring is 1. The number of para-hydroxylation sites is 1. The average molecular weight is 366 g/mol. The summed E-state index contributed by atoms with van der Waals surface area (Å²) >= 11 is 1.38. The Balaban J connectivity index is 1.80. The molecule has 26 heavy (non-hydrogen) atoms. The number of fused-ring (bicyclic) bond motifs is 2. The SMILES string of the molecule is CC[C@H]1CCc2nc3sc(C(=O)c4ccccc4OC)c(N)c3cc2C1. The van der Waals surface area contributed by atoms with Crippen LogP contribution in [-0.2, 0) is 12.8 Å². The molecule has 5 heteroatoms. The van der Waals surface area contributed by atoms with Crippen molar-refractivity contribution in [1.82, 2.24) is 4.98 Å². The molecule has 0 aliphatic heterocycles. The maximum absolute atomic E-state index is 13.1. The molecule has 0 spiro atoms. The molecule has 0 saturated heterocycles. The van der Waals surface area contributed by atoms with Crippen molar-refractivity contribution in [1.29, 1.82) is 0 Å². The zero-order valence-electron chi connectivity index (χ0n) is 15.0. The number of methoxy groups -OCH3 is 1. The minimum Gasteiger partial charge on any atom is -0.496 e. The van der Waals surface area contributed by atoms with Gasteiger partial charge in [-0.05, 0) is 48.9 Å². The molecular weight excluding hydrogens is 344 g/mol. The Morgan fingerprint density at radius 3 is 2.96 bits per heavy atom. The van der Waals surface area contributed by atoms with E-state index in [1.165, 1.54) is 35.4 Å². The molecule has 1 aromatic carbocycles. The van der Waals surface area contributed by atoms with Crippen molar-refractivity contribution >= 4 is 33.0 Å². The van der Waals surface area contributed by atoms with E-state index in [-0.39, 0.29) is 5.78 Å². The quantitative estimate of drug-likeness (QED) is 0.684. The lowest BCUT2D eigenvalue weighted by Gasteiger charge is -2.22. The zero-order valence-corrected chi connectivity index (χ0v) is 15.9. The first-order valence-electron chi connectivity index (χ1n) is 9.00. The fraction of sp³-hybridized carbons (Fsp3) is 0.333. The van der Waals surface area contributed by atoms with Crippen LogP contribution < -0.4 is 10.5 Å². The normalized spacial score (nSPS) is 16.5. The molecule has 0 fully saturated rings. The first-order valence-corrected chi connectivity index (χ1v) is 9.82. The van der Waals surface area contributed by atoms with Crippen molar-refractivity contribution in [2.75, 3.05) is 12.8 Å². The lowest BCUT2D eigenvalue weighted by molar-refractivity contribution is 0.104. The highest BCUT2D eigenvalue weighted by atomic mass is 32.1. The fourth-order valence-electron chi connectivity index (χ4n) is 3.74. The lowest BCUT2D eigenvalue weighted by Crippen LogP contribution is -2.14. The molecule has 4 nitrogen and oxygen atoms in total. The van der Waals surface area contributed by atoms with Crippen LogP contribution in [0, 0.1) is 5.92 Å². The summed E-state index contributed by atoms with van der Waals surface area (Å²) in [6.45, 7) is 2.24. The molecule has 0 saturated carbocycles. The molecule has 0 amide bonds. The predicted octanol–water partition coefficient (Wildman–Crippen LogP) is 4.63. The second-order valence-electron chi connectivity index (χ2n) is 6.84. The number of ketones is 1. The summed E-state index contributed by atoms with van der Waals surface area (Å²) in [5, 5.41) is 0.906. The maximum atomic E-state index is 13.1. The third-order valence-electron chi connectivity index (χ3n) is 5.32. The molecule has 2 aromatic heterocycles. The van der Waals surface area contributed by atoms with Gasteiger partial charge in [-0.2, -0.15) is 0 Å². The summed E-state index contributed by atoms with van der Waals surface area (Å²) in [7, 11) is 1.57. The van der Waals surface area contributed by atoms with E-state index in [9.17, 15) is 4.79 Å². The van der Waals surface area contributed by atoms with Gasteiger partial charge in [0.25, 0.3) is 0 Å². The number of rotatable bonds is 4. The minimum absolute atomic E-state index is 0.104. The monoisotopic (exact) mass is 366 g/mol. The molecule has 0 bridgehead atoms. The molecular formula is C21H22N2O2S. The Hall–Kier alpha value is -2.40. The number of hydrogen-bond acceptors (Lipinski definition) is 5. The summed E-state index contributed by atoms with van der Waals surface area (Å²) < 4.78 is 5.33. The van der Waals surface area contributed by atoms with Gasteiger partial charge in [0, 0.05) is 11.1 Å². The van der Waals surface area contributed by atoms with E-state index in [4.69, 9.17) is 15.5 Å². The smallest absolute Gasteiger partial charge is 0.208 e. The van der Waals surface area contributed by atoms with Crippen LogP contribution in [0.1, 0.15) is 46.3 Å². The Morgan fingerprint density at radius 1 is 1.38 bits per heavy atom. The molecule has 134 valence electrons. The van der Waals surface area contributed by atoms with Gasteiger partial charge < -0.3 is 10.5 Å². The minimum atomic E-state index is -0.104. The van der Waals surface area contributed by atoms with E-state index < -0.39 is 0 Å². The zero-order chi connectivity index (χ0) is 18.3. The number of aromatic nitrogens is 1. The number of nitrogens with two attached hydrogens (primary N) is 1. The number of carbonyl (C=O) groups excluding carboxylic acids is 1. The predicted molar refractivity (Wildman–Crippen MR) is 106 cm³/mol. The van der Waals surface area contributed by atoms with Crippen LogP contribution in [0.4, 0.5) is 5.69 Å². The molecule has 2 N–H and O–H groups in total. The Kier molecular flexibility index (Phi) is 4.41. The summed E-state index contributed by atoms with van der Waals surface area (Å²) in [5.74, 6) is 1.18. The van der Waals surface area contributed by atoms with Gasteiger partial charge in [0.1, 0.15) is 15.5 Å². The van der Waals surface area contributed by atoms with E-state index in [0.29, 0.717) is 21.9 Å². The third kappa shape index (κ3) is 2.76.